The van der Waals surface area contributed by atoms with E-state index in [1.165, 1.54) is 0 Å². The molecule has 0 saturated carbocycles. The summed E-state index contributed by atoms with van der Waals surface area (Å²) < 4.78 is 31.6. The summed E-state index contributed by atoms with van der Waals surface area (Å²) in [5.41, 5.74) is 2.76. The summed E-state index contributed by atoms with van der Waals surface area (Å²) in [4.78, 5) is 0.349. The molecule has 1 saturated heterocycles. The first-order chi connectivity index (χ1) is 11.0. The number of nitrogens with zero attached hydrogens (tertiary/aromatic N) is 2. The molecule has 1 N–H and O–H groups in total. The Kier molecular flexibility index (Phi) is 4.41. The molecular weight excluding hydrogens is 314 g/mol. The van der Waals surface area contributed by atoms with Crippen LogP contribution in [-0.2, 0) is 16.6 Å². The lowest BCUT2D eigenvalue weighted by atomic mass is 10.2. The predicted octanol–water partition coefficient (Wildman–Crippen LogP) is 2.69. The average Bonchev–Trinajstić information content (AvgIpc) is 3.18. The molecule has 0 bridgehead atoms. The minimum atomic E-state index is -3.35. The van der Waals surface area contributed by atoms with Gasteiger partial charge in [0.2, 0.25) is 10.0 Å². The molecule has 1 aliphatic heterocycles. The first-order valence-electron chi connectivity index (χ1n) is 7.74. The van der Waals surface area contributed by atoms with Crippen molar-refractivity contribution in [3.05, 3.63) is 41.3 Å². The maximum atomic E-state index is 12.5. The molecule has 2 aromatic rings. The van der Waals surface area contributed by atoms with Gasteiger partial charge in [0, 0.05) is 30.9 Å². The van der Waals surface area contributed by atoms with E-state index in [1.807, 2.05) is 13.8 Å². The Bertz CT molecular complexity index is 756. The zero-order valence-corrected chi connectivity index (χ0v) is 14.2. The fourth-order valence-corrected chi connectivity index (χ4v) is 4.28. The summed E-state index contributed by atoms with van der Waals surface area (Å²) >= 11 is 0. The van der Waals surface area contributed by atoms with E-state index < -0.39 is 10.0 Å². The van der Waals surface area contributed by atoms with E-state index in [0.29, 0.717) is 24.5 Å². The van der Waals surface area contributed by atoms with E-state index in [1.54, 1.807) is 28.6 Å². The zero-order valence-electron chi connectivity index (χ0n) is 13.4. The first-order valence-corrected chi connectivity index (χ1v) is 9.18. The molecule has 0 unspecified atom stereocenters. The lowest BCUT2D eigenvalue weighted by Gasteiger charge is -2.15. The molecule has 1 aromatic heterocycles. The third kappa shape index (κ3) is 3.25. The molecule has 23 heavy (non-hydrogen) atoms. The molecule has 0 amide bonds. The maximum Gasteiger partial charge on any atom is 0.243 e. The van der Waals surface area contributed by atoms with Crippen LogP contribution in [-0.4, -0.2) is 31.0 Å². The number of benzene rings is 1. The Balaban J connectivity index is 1.70. The Morgan fingerprint density at radius 3 is 2.39 bits per heavy atom. The van der Waals surface area contributed by atoms with Crippen LogP contribution in [0, 0.1) is 13.8 Å². The van der Waals surface area contributed by atoms with Crippen LogP contribution >= 0.6 is 0 Å². The van der Waals surface area contributed by atoms with E-state index in [2.05, 4.69) is 10.5 Å². The number of aromatic nitrogens is 1. The lowest BCUT2D eigenvalue weighted by Crippen LogP contribution is -2.27. The fourth-order valence-electron chi connectivity index (χ4n) is 2.77. The zero-order chi connectivity index (χ0) is 16.4. The van der Waals surface area contributed by atoms with E-state index >= 15 is 0 Å². The van der Waals surface area contributed by atoms with Gasteiger partial charge in [0.25, 0.3) is 0 Å². The second-order valence-electron chi connectivity index (χ2n) is 5.79. The summed E-state index contributed by atoms with van der Waals surface area (Å²) in [6.45, 7) is 5.62. The number of aryl methyl sites for hydroxylation is 2. The van der Waals surface area contributed by atoms with Crippen LogP contribution in [0.25, 0.3) is 0 Å². The quantitative estimate of drug-likeness (QED) is 0.909. The van der Waals surface area contributed by atoms with Crippen molar-refractivity contribution in [2.45, 2.75) is 38.1 Å². The van der Waals surface area contributed by atoms with Crippen molar-refractivity contribution in [3.63, 3.8) is 0 Å². The molecule has 0 atom stereocenters. The largest absolute Gasteiger partial charge is 0.381 e. The normalized spacial score (nSPS) is 15.9. The number of rotatable bonds is 5. The van der Waals surface area contributed by atoms with Gasteiger partial charge in [0.15, 0.2) is 0 Å². The highest BCUT2D eigenvalue weighted by molar-refractivity contribution is 7.89. The van der Waals surface area contributed by atoms with Crippen molar-refractivity contribution < 1.29 is 12.9 Å². The summed E-state index contributed by atoms with van der Waals surface area (Å²) in [6, 6.07) is 6.90. The maximum absolute atomic E-state index is 12.5. The molecule has 7 heteroatoms. The second kappa shape index (κ2) is 6.33. The molecule has 1 aromatic carbocycles. The SMILES string of the molecule is Cc1noc(C)c1CNc1ccc(S(=O)(=O)N2CCCC2)cc1. The number of sulfonamides is 1. The summed E-state index contributed by atoms with van der Waals surface area (Å²) in [5, 5.41) is 7.19. The number of hydrogen-bond acceptors (Lipinski definition) is 5. The third-order valence-electron chi connectivity index (χ3n) is 4.21. The lowest BCUT2D eigenvalue weighted by molar-refractivity contribution is 0.392. The molecule has 1 aliphatic rings. The van der Waals surface area contributed by atoms with E-state index in [4.69, 9.17) is 4.52 Å². The first kappa shape index (κ1) is 16.0. The summed E-state index contributed by atoms with van der Waals surface area (Å²) in [5.74, 6) is 0.795. The number of nitrogens with one attached hydrogen (secondary N) is 1. The molecule has 1 fully saturated rings. The molecule has 0 aliphatic carbocycles. The van der Waals surface area contributed by atoms with Crippen LogP contribution in [0.15, 0.2) is 33.7 Å². The van der Waals surface area contributed by atoms with E-state index in [0.717, 1.165) is 35.5 Å². The van der Waals surface area contributed by atoms with Crippen LogP contribution in [0.4, 0.5) is 5.69 Å². The minimum absolute atomic E-state index is 0.349. The molecule has 0 radical (unpaired) electrons. The van der Waals surface area contributed by atoms with Crippen LogP contribution in [0.3, 0.4) is 0 Å². The van der Waals surface area contributed by atoms with Gasteiger partial charge in [-0.05, 0) is 51.0 Å². The van der Waals surface area contributed by atoms with Crippen LogP contribution < -0.4 is 5.32 Å². The molecule has 2 heterocycles. The fraction of sp³-hybridized carbons (Fsp3) is 0.438. The molecule has 3 rings (SSSR count). The van der Waals surface area contributed by atoms with Gasteiger partial charge < -0.3 is 9.84 Å². The van der Waals surface area contributed by atoms with Gasteiger partial charge in [0.1, 0.15) is 5.76 Å². The van der Waals surface area contributed by atoms with Crippen molar-refractivity contribution in [3.8, 4) is 0 Å². The third-order valence-corrected chi connectivity index (χ3v) is 6.12. The summed E-state index contributed by atoms with van der Waals surface area (Å²) in [6.07, 6.45) is 1.88. The van der Waals surface area contributed by atoms with Gasteiger partial charge in [0.05, 0.1) is 10.6 Å². The van der Waals surface area contributed by atoms with Crippen molar-refractivity contribution in [2.75, 3.05) is 18.4 Å². The van der Waals surface area contributed by atoms with Crippen LogP contribution in [0.2, 0.25) is 0 Å². The van der Waals surface area contributed by atoms with E-state index in [-0.39, 0.29) is 0 Å². The molecular formula is C16H21N3O3S. The standard InChI is InChI=1S/C16H21N3O3S/c1-12-16(13(2)22-18-12)11-17-14-5-7-15(8-6-14)23(20,21)19-9-3-4-10-19/h5-8,17H,3-4,9-11H2,1-2H3. The van der Waals surface area contributed by atoms with Gasteiger partial charge in [-0.2, -0.15) is 4.31 Å². The van der Waals surface area contributed by atoms with Gasteiger partial charge in [-0.1, -0.05) is 5.16 Å². The number of anilines is 1. The van der Waals surface area contributed by atoms with Crippen molar-refractivity contribution in [1.29, 1.82) is 0 Å². The van der Waals surface area contributed by atoms with Gasteiger partial charge >= 0.3 is 0 Å². The highest BCUT2D eigenvalue weighted by Gasteiger charge is 2.26. The Morgan fingerprint density at radius 2 is 1.83 bits per heavy atom. The van der Waals surface area contributed by atoms with Crippen molar-refractivity contribution >= 4 is 15.7 Å². The Morgan fingerprint density at radius 1 is 1.17 bits per heavy atom. The Labute approximate surface area is 136 Å². The summed E-state index contributed by atoms with van der Waals surface area (Å²) in [7, 11) is -3.35. The molecule has 124 valence electrons. The smallest absolute Gasteiger partial charge is 0.243 e. The average molecular weight is 335 g/mol. The Hall–Kier alpha value is -1.86. The highest BCUT2D eigenvalue weighted by Crippen LogP contribution is 2.22. The van der Waals surface area contributed by atoms with Gasteiger partial charge in [-0.3, -0.25) is 0 Å². The highest BCUT2D eigenvalue weighted by atomic mass is 32.2. The molecule has 6 nitrogen and oxygen atoms in total. The van der Waals surface area contributed by atoms with Gasteiger partial charge in [-0.25, -0.2) is 8.42 Å². The monoisotopic (exact) mass is 335 g/mol. The van der Waals surface area contributed by atoms with E-state index in [9.17, 15) is 8.42 Å². The van der Waals surface area contributed by atoms with Gasteiger partial charge in [-0.15, -0.1) is 0 Å². The molecule has 0 spiro atoms. The van der Waals surface area contributed by atoms with Crippen molar-refractivity contribution in [1.82, 2.24) is 9.46 Å². The topological polar surface area (TPSA) is 75.4 Å². The van der Waals surface area contributed by atoms with Crippen molar-refractivity contribution in [2.24, 2.45) is 0 Å². The van der Waals surface area contributed by atoms with Crippen LogP contribution in [0.1, 0.15) is 29.9 Å². The predicted molar refractivity (Wildman–Crippen MR) is 87.7 cm³/mol. The minimum Gasteiger partial charge on any atom is -0.381 e. The number of hydrogen-bond donors (Lipinski definition) is 1. The second-order valence-corrected chi connectivity index (χ2v) is 7.73. The van der Waals surface area contributed by atoms with Crippen LogP contribution in [0.5, 0.6) is 0 Å².